The maximum Gasteiger partial charge on any atom is 0.251 e. The van der Waals surface area contributed by atoms with Gasteiger partial charge in [0.15, 0.2) is 0 Å². The third-order valence-corrected chi connectivity index (χ3v) is 8.70. The standard InChI is InChI=1S/C24H22BrN3O4S/c25-19-6-8-20(9-7-19)28-23(29)16-22(24(28)30)26-11-13-27(14-12-26)33(31,32)21-10-5-17-3-1-2-4-18(17)15-21/h1-10,15,22H,11-14,16H2/t22-/m1/s1. The van der Waals surface area contributed by atoms with Gasteiger partial charge < -0.3 is 0 Å². The number of fused-ring (bicyclic) bond motifs is 1. The average molecular weight is 528 g/mol. The number of nitrogens with zero attached hydrogens (tertiary/aromatic N) is 3. The number of amides is 2. The third-order valence-electron chi connectivity index (χ3n) is 6.28. The number of carbonyl (C=O) groups excluding carboxylic acids is 2. The molecule has 0 bridgehead atoms. The van der Waals surface area contributed by atoms with Gasteiger partial charge in [-0.05, 0) is 47.2 Å². The van der Waals surface area contributed by atoms with Crippen molar-refractivity contribution >= 4 is 54.2 Å². The summed E-state index contributed by atoms with van der Waals surface area (Å²) in [7, 11) is -3.64. The first kappa shape index (κ1) is 22.2. The first-order valence-corrected chi connectivity index (χ1v) is 12.9. The van der Waals surface area contributed by atoms with Gasteiger partial charge in [0.2, 0.25) is 15.9 Å². The maximum absolute atomic E-state index is 13.2. The van der Waals surface area contributed by atoms with Gasteiger partial charge in [0, 0.05) is 30.7 Å². The fourth-order valence-corrected chi connectivity index (χ4v) is 6.22. The lowest BCUT2D eigenvalue weighted by Gasteiger charge is -2.36. The molecular formula is C24H22BrN3O4S. The number of piperazine rings is 1. The second kappa shape index (κ2) is 8.64. The number of hydrogen-bond donors (Lipinski definition) is 0. The monoisotopic (exact) mass is 527 g/mol. The first-order valence-electron chi connectivity index (χ1n) is 10.7. The molecule has 0 unspecified atom stereocenters. The van der Waals surface area contributed by atoms with E-state index in [9.17, 15) is 18.0 Å². The van der Waals surface area contributed by atoms with Gasteiger partial charge in [0.05, 0.1) is 23.0 Å². The summed E-state index contributed by atoms with van der Waals surface area (Å²) in [5.74, 6) is -0.494. The number of benzene rings is 3. The molecule has 33 heavy (non-hydrogen) atoms. The lowest BCUT2D eigenvalue weighted by Crippen LogP contribution is -2.53. The summed E-state index contributed by atoms with van der Waals surface area (Å²) in [6, 6.07) is 19.3. The van der Waals surface area contributed by atoms with Crippen molar-refractivity contribution in [2.75, 3.05) is 31.1 Å². The SMILES string of the molecule is O=C1C[C@@H](N2CCN(S(=O)(=O)c3ccc4ccccc4c3)CC2)C(=O)N1c1ccc(Br)cc1. The minimum atomic E-state index is -3.64. The Morgan fingerprint density at radius 3 is 2.18 bits per heavy atom. The third kappa shape index (κ3) is 4.10. The summed E-state index contributed by atoms with van der Waals surface area (Å²) in [5.41, 5.74) is 0.549. The Labute approximate surface area is 200 Å². The lowest BCUT2D eigenvalue weighted by molar-refractivity contribution is -0.123. The van der Waals surface area contributed by atoms with Crippen LogP contribution in [0.1, 0.15) is 6.42 Å². The largest absolute Gasteiger partial charge is 0.289 e. The van der Waals surface area contributed by atoms with Crippen molar-refractivity contribution in [3.05, 3.63) is 71.2 Å². The zero-order valence-corrected chi connectivity index (χ0v) is 20.1. The summed E-state index contributed by atoms with van der Waals surface area (Å²) < 4.78 is 28.8. The van der Waals surface area contributed by atoms with E-state index in [4.69, 9.17) is 0 Å². The predicted molar refractivity (Wildman–Crippen MR) is 129 cm³/mol. The van der Waals surface area contributed by atoms with Crippen molar-refractivity contribution in [1.29, 1.82) is 0 Å². The zero-order valence-electron chi connectivity index (χ0n) is 17.7. The Morgan fingerprint density at radius 2 is 1.48 bits per heavy atom. The second-order valence-electron chi connectivity index (χ2n) is 8.21. The van der Waals surface area contributed by atoms with Gasteiger partial charge in [-0.1, -0.05) is 46.3 Å². The van der Waals surface area contributed by atoms with Gasteiger partial charge in [-0.15, -0.1) is 0 Å². The molecule has 9 heteroatoms. The number of imide groups is 1. The molecule has 2 aliphatic heterocycles. The van der Waals surface area contributed by atoms with Crippen LogP contribution in [0.4, 0.5) is 5.69 Å². The molecule has 2 heterocycles. The second-order valence-corrected chi connectivity index (χ2v) is 11.1. The minimum absolute atomic E-state index is 0.103. The van der Waals surface area contributed by atoms with E-state index in [2.05, 4.69) is 15.9 Å². The van der Waals surface area contributed by atoms with Gasteiger partial charge in [-0.2, -0.15) is 4.31 Å². The highest BCUT2D eigenvalue weighted by Crippen LogP contribution is 2.29. The molecular weight excluding hydrogens is 506 g/mol. The number of anilines is 1. The molecule has 2 saturated heterocycles. The van der Waals surface area contributed by atoms with Crippen LogP contribution >= 0.6 is 15.9 Å². The fraction of sp³-hybridized carbons (Fsp3) is 0.250. The van der Waals surface area contributed by atoms with Crippen molar-refractivity contribution in [2.24, 2.45) is 0 Å². The topological polar surface area (TPSA) is 78.0 Å². The van der Waals surface area contributed by atoms with Gasteiger partial charge >= 0.3 is 0 Å². The summed E-state index contributed by atoms with van der Waals surface area (Å²) in [6.07, 6.45) is 0.103. The Bertz CT molecular complexity index is 1340. The van der Waals surface area contributed by atoms with E-state index in [1.165, 1.54) is 9.21 Å². The van der Waals surface area contributed by atoms with E-state index in [-0.39, 0.29) is 36.2 Å². The van der Waals surface area contributed by atoms with Crippen LogP contribution in [-0.4, -0.2) is 61.7 Å². The summed E-state index contributed by atoms with van der Waals surface area (Å²) in [6.45, 7) is 1.33. The Balaban J connectivity index is 1.29. The first-order chi connectivity index (χ1) is 15.8. The average Bonchev–Trinajstić information content (AvgIpc) is 3.13. The van der Waals surface area contributed by atoms with Gasteiger partial charge in [-0.25, -0.2) is 13.3 Å². The smallest absolute Gasteiger partial charge is 0.251 e. The Morgan fingerprint density at radius 1 is 0.818 bits per heavy atom. The summed E-state index contributed by atoms with van der Waals surface area (Å²) in [5, 5.41) is 1.86. The van der Waals surface area contributed by atoms with Crippen molar-refractivity contribution in [3.8, 4) is 0 Å². The molecule has 0 saturated carbocycles. The normalized spacial score (nSPS) is 20.6. The van der Waals surface area contributed by atoms with E-state index in [0.717, 1.165) is 15.2 Å². The van der Waals surface area contributed by atoms with Crippen molar-refractivity contribution in [1.82, 2.24) is 9.21 Å². The molecule has 2 amide bonds. The zero-order chi connectivity index (χ0) is 23.2. The fourth-order valence-electron chi connectivity index (χ4n) is 4.50. The highest BCUT2D eigenvalue weighted by molar-refractivity contribution is 9.10. The van der Waals surface area contributed by atoms with Crippen LogP contribution in [0.3, 0.4) is 0 Å². The molecule has 0 aromatic heterocycles. The van der Waals surface area contributed by atoms with Crippen LogP contribution in [-0.2, 0) is 19.6 Å². The van der Waals surface area contributed by atoms with Gasteiger partial charge in [-0.3, -0.25) is 14.5 Å². The number of rotatable bonds is 4. The predicted octanol–water partition coefficient (Wildman–Crippen LogP) is 3.24. The molecule has 0 radical (unpaired) electrons. The van der Waals surface area contributed by atoms with Crippen LogP contribution in [0.25, 0.3) is 10.8 Å². The van der Waals surface area contributed by atoms with Crippen LogP contribution < -0.4 is 4.90 Å². The Kier molecular flexibility index (Phi) is 5.82. The van der Waals surface area contributed by atoms with Crippen LogP contribution in [0.2, 0.25) is 0 Å². The van der Waals surface area contributed by atoms with Crippen LogP contribution in [0.15, 0.2) is 76.1 Å². The molecule has 3 aromatic carbocycles. The molecule has 170 valence electrons. The van der Waals surface area contributed by atoms with Crippen LogP contribution in [0.5, 0.6) is 0 Å². The molecule has 0 aliphatic carbocycles. The van der Waals surface area contributed by atoms with E-state index >= 15 is 0 Å². The van der Waals surface area contributed by atoms with E-state index < -0.39 is 16.1 Å². The van der Waals surface area contributed by atoms with Crippen LogP contribution in [0, 0.1) is 0 Å². The number of carbonyl (C=O) groups is 2. The highest BCUT2D eigenvalue weighted by Gasteiger charge is 2.44. The van der Waals surface area contributed by atoms with E-state index in [0.29, 0.717) is 18.8 Å². The van der Waals surface area contributed by atoms with Crippen molar-refractivity contribution < 1.29 is 18.0 Å². The molecule has 0 spiro atoms. The maximum atomic E-state index is 13.2. The number of hydrogen-bond acceptors (Lipinski definition) is 5. The summed E-state index contributed by atoms with van der Waals surface area (Å²) >= 11 is 3.36. The molecule has 1 atom stereocenters. The van der Waals surface area contributed by atoms with E-state index in [1.54, 1.807) is 36.4 Å². The van der Waals surface area contributed by atoms with Crippen molar-refractivity contribution in [2.45, 2.75) is 17.4 Å². The van der Waals surface area contributed by atoms with Crippen molar-refractivity contribution in [3.63, 3.8) is 0 Å². The molecule has 2 fully saturated rings. The van der Waals surface area contributed by atoms with Gasteiger partial charge in [0.1, 0.15) is 0 Å². The molecule has 3 aromatic rings. The minimum Gasteiger partial charge on any atom is -0.289 e. The molecule has 0 N–H and O–H groups in total. The highest BCUT2D eigenvalue weighted by atomic mass is 79.9. The number of sulfonamides is 1. The summed E-state index contributed by atoms with van der Waals surface area (Å²) in [4.78, 5) is 29.1. The molecule has 7 nitrogen and oxygen atoms in total. The molecule has 5 rings (SSSR count). The lowest BCUT2D eigenvalue weighted by atomic mass is 10.1. The van der Waals surface area contributed by atoms with Gasteiger partial charge in [0.25, 0.3) is 5.91 Å². The number of halogens is 1. The Hall–Kier alpha value is -2.59. The molecule has 2 aliphatic rings. The quantitative estimate of drug-likeness (QED) is 0.486. The van der Waals surface area contributed by atoms with E-state index in [1.807, 2.05) is 35.2 Å².